The summed E-state index contributed by atoms with van der Waals surface area (Å²) in [4.78, 5) is 21.4. The summed E-state index contributed by atoms with van der Waals surface area (Å²) in [5.74, 6) is 0.0205. The molecule has 0 saturated heterocycles. The lowest BCUT2D eigenvalue weighted by Crippen LogP contribution is -2.06. The predicted molar refractivity (Wildman–Crippen MR) is 91.5 cm³/mol. The van der Waals surface area contributed by atoms with Crippen LogP contribution in [0.15, 0.2) is 72.9 Å². The van der Waals surface area contributed by atoms with E-state index in [4.69, 9.17) is 0 Å². The van der Waals surface area contributed by atoms with Crippen molar-refractivity contribution in [1.29, 1.82) is 0 Å². The highest BCUT2D eigenvalue weighted by Gasteiger charge is 2.11. The fourth-order valence-corrected chi connectivity index (χ4v) is 2.79. The van der Waals surface area contributed by atoms with Gasteiger partial charge in [-0.15, -0.1) is 0 Å². The summed E-state index contributed by atoms with van der Waals surface area (Å²) in [6.45, 7) is 0. The smallest absolute Gasteiger partial charge is 0.185 e. The van der Waals surface area contributed by atoms with Gasteiger partial charge < -0.3 is 0 Å². The minimum atomic E-state index is 0.0205. The number of benzene rings is 2. The molecule has 0 fully saturated rings. The number of carbonyl (C=O) groups is 1. The fraction of sp³-hybridized carbons (Fsp3) is 0.0500. The molecule has 0 aliphatic carbocycles. The number of pyridine rings is 2. The summed E-state index contributed by atoms with van der Waals surface area (Å²) in [5, 5.41) is 2.06. The van der Waals surface area contributed by atoms with Gasteiger partial charge in [-0.1, -0.05) is 42.5 Å². The van der Waals surface area contributed by atoms with E-state index in [1.165, 1.54) is 0 Å². The molecular weight excluding hydrogens is 284 g/mol. The molecule has 0 N–H and O–H groups in total. The molecule has 0 amide bonds. The van der Waals surface area contributed by atoms with Gasteiger partial charge in [-0.2, -0.15) is 0 Å². The molecule has 110 valence electrons. The van der Waals surface area contributed by atoms with E-state index in [0.717, 1.165) is 27.4 Å². The Hall–Kier alpha value is -3.07. The quantitative estimate of drug-likeness (QED) is 0.532. The average Bonchev–Trinajstić information content (AvgIpc) is 2.61. The molecule has 0 radical (unpaired) electrons. The summed E-state index contributed by atoms with van der Waals surface area (Å²) in [5.41, 5.74) is 3.24. The van der Waals surface area contributed by atoms with Crippen LogP contribution in [0.5, 0.6) is 0 Å². The lowest BCUT2D eigenvalue weighted by atomic mass is 10.0. The fourth-order valence-electron chi connectivity index (χ4n) is 2.79. The number of fused-ring (bicyclic) bond motifs is 2. The van der Waals surface area contributed by atoms with Crippen LogP contribution in [0.2, 0.25) is 0 Å². The molecule has 2 aromatic carbocycles. The number of hydrogen-bond donors (Lipinski definition) is 0. The van der Waals surface area contributed by atoms with Crippen LogP contribution in [0.3, 0.4) is 0 Å². The zero-order chi connectivity index (χ0) is 15.6. The first-order chi connectivity index (χ1) is 11.3. The maximum Gasteiger partial charge on any atom is 0.185 e. The molecule has 3 nitrogen and oxygen atoms in total. The van der Waals surface area contributed by atoms with Crippen LogP contribution < -0.4 is 0 Å². The predicted octanol–water partition coefficient (Wildman–Crippen LogP) is 4.21. The van der Waals surface area contributed by atoms with Crippen LogP contribution >= 0.6 is 0 Å². The number of para-hydroxylation sites is 2. The third-order valence-electron chi connectivity index (χ3n) is 3.97. The van der Waals surface area contributed by atoms with Gasteiger partial charge in [0.2, 0.25) is 0 Å². The minimum Gasteiger partial charge on any atom is -0.292 e. The Morgan fingerprint density at radius 3 is 2.52 bits per heavy atom. The van der Waals surface area contributed by atoms with Gasteiger partial charge in [-0.05, 0) is 29.8 Å². The zero-order valence-electron chi connectivity index (χ0n) is 12.4. The summed E-state index contributed by atoms with van der Waals surface area (Å²) < 4.78 is 0. The molecule has 2 heterocycles. The van der Waals surface area contributed by atoms with E-state index in [1.807, 2.05) is 60.7 Å². The number of ketones is 1. The SMILES string of the molecule is O=C(Cc1ccnc2ccccc12)c1ccc2ccccc2n1. The Labute approximate surface area is 133 Å². The maximum absolute atomic E-state index is 12.6. The van der Waals surface area contributed by atoms with Gasteiger partial charge in [0.1, 0.15) is 5.69 Å². The van der Waals surface area contributed by atoms with Crippen LogP contribution in [0, 0.1) is 0 Å². The minimum absolute atomic E-state index is 0.0205. The number of nitrogens with zero attached hydrogens (tertiary/aromatic N) is 2. The highest BCUT2D eigenvalue weighted by Crippen LogP contribution is 2.19. The van der Waals surface area contributed by atoms with E-state index in [2.05, 4.69) is 9.97 Å². The lowest BCUT2D eigenvalue weighted by molar-refractivity contribution is 0.0989. The van der Waals surface area contributed by atoms with E-state index in [1.54, 1.807) is 12.3 Å². The van der Waals surface area contributed by atoms with Crippen molar-refractivity contribution in [3.05, 3.63) is 84.2 Å². The third kappa shape index (κ3) is 2.57. The largest absolute Gasteiger partial charge is 0.292 e. The van der Waals surface area contributed by atoms with Gasteiger partial charge >= 0.3 is 0 Å². The Kier molecular flexibility index (Phi) is 3.31. The van der Waals surface area contributed by atoms with Gasteiger partial charge in [0.05, 0.1) is 11.0 Å². The Balaban J connectivity index is 1.70. The topological polar surface area (TPSA) is 42.9 Å². The van der Waals surface area contributed by atoms with Crippen molar-refractivity contribution in [3.8, 4) is 0 Å². The van der Waals surface area contributed by atoms with Crippen molar-refractivity contribution in [2.45, 2.75) is 6.42 Å². The van der Waals surface area contributed by atoms with Gasteiger partial charge in [-0.25, -0.2) is 4.98 Å². The molecule has 0 bridgehead atoms. The molecule has 0 spiro atoms. The van der Waals surface area contributed by atoms with Crippen LogP contribution in [0.4, 0.5) is 0 Å². The lowest BCUT2D eigenvalue weighted by Gasteiger charge is -2.06. The Morgan fingerprint density at radius 1 is 0.826 bits per heavy atom. The summed E-state index contributed by atoms with van der Waals surface area (Å²) in [7, 11) is 0. The monoisotopic (exact) mass is 298 g/mol. The Bertz CT molecular complexity index is 1020. The second kappa shape index (κ2) is 5.61. The van der Waals surface area contributed by atoms with Crippen LogP contribution in [-0.2, 0) is 6.42 Å². The van der Waals surface area contributed by atoms with E-state index in [9.17, 15) is 4.79 Å². The van der Waals surface area contributed by atoms with E-state index >= 15 is 0 Å². The summed E-state index contributed by atoms with van der Waals surface area (Å²) in [6, 6.07) is 21.3. The average molecular weight is 298 g/mol. The molecule has 4 rings (SSSR count). The highest BCUT2D eigenvalue weighted by atomic mass is 16.1. The Morgan fingerprint density at radius 2 is 1.61 bits per heavy atom. The normalized spacial score (nSPS) is 11.0. The van der Waals surface area contributed by atoms with E-state index in [-0.39, 0.29) is 5.78 Å². The molecule has 0 saturated carbocycles. The first-order valence-corrected chi connectivity index (χ1v) is 7.53. The van der Waals surface area contributed by atoms with Crippen molar-refractivity contribution in [3.63, 3.8) is 0 Å². The van der Waals surface area contributed by atoms with Crippen molar-refractivity contribution in [2.75, 3.05) is 0 Å². The molecule has 4 aromatic rings. The third-order valence-corrected chi connectivity index (χ3v) is 3.97. The van der Waals surface area contributed by atoms with Crippen molar-refractivity contribution < 1.29 is 4.79 Å². The van der Waals surface area contributed by atoms with E-state index in [0.29, 0.717) is 12.1 Å². The molecule has 23 heavy (non-hydrogen) atoms. The van der Waals surface area contributed by atoms with Gasteiger partial charge in [0, 0.05) is 23.4 Å². The second-order valence-electron chi connectivity index (χ2n) is 5.48. The standard InChI is InChI=1S/C20H14N2O/c23-20(19-10-9-14-5-1-3-7-17(14)22-19)13-15-11-12-21-18-8-4-2-6-16(15)18/h1-12H,13H2. The molecule has 0 aliphatic rings. The molecule has 0 aliphatic heterocycles. The molecule has 3 heteroatoms. The molecular formula is C20H14N2O. The molecule has 0 atom stereocenters. The highest BCUT2D eigenvalue weighted by molar-refractivity contribution is 5.99. The first kappa shape index (κ1) is 13.6. The van der Waals surface area contributed by atoms with Gasteiger partial charge in [0.25, 0.3) is 0 Å². The number of rotatable bonds is 3. The maximum atomic E-state index is 12.6. The van der Waals surface area contributed by atoms with Crippen molar-refractivity contribution in [1.82, 2.24) is 9.97 Å². The van der Waals surface area contributed by atoms with Crippen LogP contribution in [-0.4, -0.2) is 15.8 Å². The number of aromatic nitrogens is 2. The van der Waals surface area contributed by atoms with Crippen molar-refractivity contribution in [2.24, 2.45) is 0 Å². The van der Waals surface area contributed by atoms with Crippen molar-refractivity contribution >= 4 is 27.6 Å². The summed E-state index contributed by atoms with van der Waals surface area (Å²) in [6.07, 6.45) is 2.08. The van der Waals surface area contributed by atoms with Crippen LogP contribution in [0.1, 0.15) is 16.1 Å². The second-order valence-corrected chi connectivity index (χ2v) is 5.48. The van der Waals surface area contributed by atoms with E-state index < -0.39 is 0 Å². The van der Waals surface area contributed by atoms with Crippen LogP contribution in [0.25, 0.3) is 21.8 Å². The zero-order valence-corrected chi connectivity index (χ0v) is 12.4. The number of hydrogen-bond acceptors (Lipinski definition) is 3. The summed E-state index contributed by atoms with van der Waals surface area (Å²) >= 11 is 0. The number of carbonyl (C=O) groups excluding carboxylic acids is 1. The first-order valence-electron chi connectivity index (χ1n) is 7.53. The van der Waals surface area contributed by atoms with Gasteiger partial charge in [0.15, 0.2) is 5.78 Å². The molecule has 2 aromatic heterocycles. The van der Waals surface area contributed by atoms with Gasteiger partial charge in [-0.3, -0.25) is 9.78 Å². The molecule has 0 unspecified atom stereocenters. The number of Topliss-reactive ketones (excluding diaryl/α,β-unsaturated/α-hetero) is 1.